The van der Waals surface area contributed by atoms with Gasteiger partial charge in [-0.25, -0.2) is 0 Å². The minimum atomic E-state index is -1.20. The van der Waals surface area contributed by atoms with Crippen molar-refractivity contribution in [2.75, 3.05) is 0 Å². The molecule has 0 bridgehead atoms. The lowest BCUT2D eigenvalue weighted by Gasteiger charge is -2.23. The van der Waals surface area contributed by atoms with Crippen LogP contribution in [0.15, 0.2) is 30.3 Å². The summed E-state index contributed by atoms with van der Waals surface area (Å²) in [7, 11) is 0. The summed E-state index contributed by atoms with van der Waals surface area (Å²) in [5, 5.41) is 20.4. The molecule has 0 saturated carbocycles. The molecule has 1 rings (SSSR count). The van der Waals surface area contributed by atoms with Crippen LogP contribution in [0.25, 0.3) is 0 Å². The third kappa shape index (κ3) is 5.53. The average molecular weight is 308 g/mol. The zero-order valence-corrected chi connectivity index (χ0v) is 12.2. The molecule has 0 aliphatic rings. The van der Waals surface area contributed by atoms with Crippen molar-refractivity contribution >= 4 is 17.8 Å². The average Bonchev–Trinajstić information content (AvgIpc) is 2.44. The summed E-state index contributed by atoms with van der Waals surface area (Å²) in [4.78, 5) is 33.7. The van der Waals surface area contributed by atoms with E-state index < -0.39 is 42.3 Å². The van der Waals surface area contributed by atoms with Crippen molar-refractivity contribution < 1.29 is 24.6 Å². The molecule has 1 amide bonds. The van der Waals surface area contributed by atoms with E-state index >= 15 is 0 Å². The molecule has 7 nitrogen and oxygen atoms in total. The SMILES string of the molecule is CC(NC(=O)[C@@H](N)CC(=O)O)C(Cc1ccccc1)C(=O)O. The Morgan fingerprint density at radius 2 is 1.77 bits per heavy atom. The van der Waals surface area contributed by atoms with Crippen molar-refractivity contribution in [2.24, 2.45) is 11.7 Å². The zero-order valence-electron chi connectivity index (χ0n) is 12.2. The van der Waals surface area contributed by atoms with Crippen molar-refractivity contribution in [3.8, 4) is 0 Å². The van der Waals surface area contributed by atoms with Gasteiger partial charge in [0.05, 0.1) is 18.4 Å². The molecule has 1 aromatic rings. The summed E-state index contributed by atoms with van der Waals surface area (Å²) in [5.41, 5.74) is 6.29. The van der Waals surface area contributed by atoms with Gasteiger partial charge in [0.15, 0.2) is 0 Å². The number of aliphatic carboxylic acids is 2. The molecule has 22 heavy (non-hydrogen) atoms. The molecular formula is C15H20N2O5. The Labute approximate surface area is 128 Å². The highest BCUT2D eigenvalue weighted by Crippen LogP contribution is 2.13. The maximum atomic E-state index is 11.8. The normalized spacial score (nSPS) is 14.6. The predicted octanol–water partition coefficient (Wildman–Crippen LogP) is 0.237. The molecule has 3 atom stereocenters. The van der Waals surface area contributed by atoms with E-state index in [1.807, 2.05) is 6.07 Å². The van der Waals surface area contributed by atoms with E-state index in [-0.39, 0.29) is 6.42 Å². The van der Waals surface area contributed by atoms with Gasteiger partial charge < -0.3 is 21.3 Å². The number of carboxylic acid groups (broad SMARTS) is 2. The van der Waals surface area contributed by atoms with Crippen LogP contribution in [0.4, 0.5) is 0 Å². The summed E-state index contributed by atoms with van der Waals surface area (Å²) in [6.07, 6.45) is -0.249. The maximum absolute atomic E-state index is 11.8. The molecule has 0 aromatic heterocycles. The lowest BCUT2D eigenvalue weighted by Crippen LogP contribution is -2.49. The molecule has 0 fully saturated rings. The fraction of sp³-hybridized carbons (Fsp3) is 0.400. The first-order valence-electron chi connectivity index (χ1n) is 6.85. The number of hydrogen-bond donors (Lipinski definition) is 4. The van der Waals surface area contributed by atoms with Crippen LogP contribution in [0, 0.1) is 5.92 Å². The summed E-state index contributed by atoms with van der Waals surface area (Å²) < 4.78 is 0. The number of hydrogen-bond acceptors (Lipinski definition) is 4. The van der Waals surface area contributed by atoms with Crippen LogP contribution in [0.5, 0.6) is 0 Å². The van der Waals surface area contributed by atoms with Gasteiger partial charge in [0.25, 0.3) is 0 Å². The maximum Gasteiger partial charge on any atom is 0.308 e. The smallest absolute Gasteiger partial charge is 0.308 e. The van der Waals surface area contributed by atoms with Crippen LogP contribution in [0.2, 0.25) is 0 Å². The molecule has 0 radical (unpaired) electrons. The highest BCUT2D eigenvalue weighted by Gasteiger charge is 2.28. The lowest BCUT2D eigenvalue weighted by molar-refractivity contribution is -0.143. The quantitative estimate of drug-likeness (QED) is 0.544. The second-order valence-electron chi connectivity index (χ2n) is 5.14. The van der Waals surface area contributed by atoms with Crippen LogP contribution >= 0.6 is 0 Å². The van der Waals surface area contributed by atoms with Crippen LogP contribution in [0.1, 0.15) is 18.9 Å². The number of amides is 1. The third-order valence-electron chi connectivity index (χ3n) is 3.32. The molecule has 0 saturated heterocycles. The molecule has 7 heteroatoms. The molecular weight excluding hydrogens is 288 g/mol. The Balaban J connectivity index is 2.69. The van der Waals surface area contributed by atoms with E-state index in [2.05, 4.69) is 5.32 Å². The molecule has 0 aliphatic heterocycles. The predicted molar refractivity (Wildman–Crippen MR) is 79.1 cm³/mol. The van der Waals surface area contributed by atoms with Crippen LogP contribution < -0.4 is 11.1 Å². The molecule has 0 heterocycles. The molecule has 5 N–H and O–H groups in total. The van der Waals surface area contributed by atoms with E-state index in [9.17, 15) is 19.5 Å². The van der Waals surface area contributed by atoms with E-state index in [0.717, 1.165) is 5.56 Å². The number of rotatable bonds is 8. The monoisotopic (exact) mass is 308 g/mol. The number of benzene rings is 1. The number of carbonyl (C=O) groups excluding carboxylic acids is 1. The summed E-state index contributed by atoms with van der Waals surface area (Å²) in [5.74, 6) is -3.73. The number of nitrogens with one attached hydrogen (secondary N) is 1. The minimum Gasteiger partial charge on any atom is -0.481 e. The first kappa shape index (κ1) is 17.6. The first-order chi connectivity index (χ1) is 10.3. The summed E-state index contributed by atoms with van der Waals surface area (Å²) >= 11 is 0. The van der Waals surface area contributed by atoms with Crippen molar-refractivity contribution in [3.63, 3.8) is 0 Å². The fourth-order valence-electron chi connectivity index (χ4n) is 2.06. The number of carboxylic acids is 2. The van der Waals surface area contributed by atoms with E-state index in [1.54, 1.807) is 31.2 Å². The lowest BCUT2D eigenvalue weighted by atomic mass is 9.93. The minimum absolute atomic E-state index is 0.256. The van der Waals surface area contributed by atoms with E-state index in [1.165, 1.54) is 0 Å². The molecule has 0 spiro atoms. The van der Waals surface area contributed by atoms with Gasteiger partial charge >= 0.3 is 11.9 Å². The van der Waals surface area contributed by atoms with Crippen molar-refractivity contribution in [3.05, 3.63) is 35.9 Å². The highest BCUT2D eigenvalue weighted by atomic mass is 16.4. The highest BCUT2D eigenvalue weighted by molar-refractivity contribution is 5.86. The fourth-order valence-corrected chi connectivity index (χ4v) is 2.06. The Morgan fingerprint density at radius 3 is 2.27 bits per heavy atom. The van der Waals surface area contributed by atoms with Gasteiger partial charge in [-0.05, 0) is 18.9 Å². The standard InChI is InChI=1S/C15H20N2O5/c1-9(17-14(20)12(16)8-13(18)19)11(15(21)22)7-10-5-3-2-4-6-10/h2-6,9,11-12H,7-8,16H2,1H3,(H,17,20)(H,18,19)(H,21,22)/t9?,11?,12-/m0/s1. The van der Waals surface area contributed by atoms with Crippen molar-refractivity contribution in [1.82, 2.24) is 5.32 Å². The third-order valence-corrected chi connectivity index (χ3v) is 3.32. The van der Waals surface area contributed by atoms with Gasteiger partial charge in [-0.1, -0.05) is 30.3 Å². The number of carbonyl (C=O) groups is 3. The molecule has 120 valence electrons. The largest absolute Gasteiger partial charge is 0.481 e. The van der Waals surface area contributed by atoms with Gasteiger partial charge in [-0.15, -0.1) is 0 Å². The van der Waals surface area contributed by atoms with Gasteiger partial charge in [0, 0.05) is 6.04 Å². The van der Waals surface area contributed by atoms with Crippen molar-refractivity contribution in [1.29, 1.82) is 0 Å². The van der Waals surface area contributed by atoms with Gasteiger partial charge in [-0.3, -0.25) is 14.4 Å². The summed E-state index contributed by atoms with van der Waals surface area (Å²) in [6, 6.07) is 7.17. The molecule has 0 aliphatic carbocycles. The van der Waals surface area contributed by atoms with Gasteiger partial charge in [-0.2, -0.15) is 0 Å². The van der Waals surface area contributed by atoms with E-state index in [0.29, 0.717) is 0 Å². The topological polar surface area (TPSA) is 130 Å². The molecule has 1 aromatic carbocycles. The van der Waals surface area contributed by atoms with Crippen LogP contribution in [0.3, 0.4) is 0 Å². The Morgan fingerprint density at radius 1 is 1.18 bits per heavy atom. The van der Waals surface area contributed by atoms with Crippen molar-refractivity contribution in [2.45, 2.75) is 31.8 Å². The summed E-state index contributed by atoms with van der Waals surface area (Å²) in [6.45, 7) is 1.56. The molecule has 2 unspecified atom stereocenters. The van der Waals surface area contributed by atoms with Gasteiger partial charge in [0.1, 0.15) is 0 Å². The Bertz CT molecular complexity index is 532. The van der Waals surface area contributed by atoms with Crippen LogP contribution in [-0.2, 0) is 20.8 Å². The zero-order chi connectivity index (χ0) is 16.7. The number of nitrogens with two attached hydrogens (primary N) is 1. The van der Waals surface area contributed by atoms with Gasteiger partial charge in [0.2, 0.25) is 5.91 Å². The van der Waals surface area contributed by atoms with Crippen LogP contribution in [-0.4, -0.2) is 40.1 Å². The Kier molecular flexibility index (Phi) is 6.52. The second-order valence-corrected chi connectivity index (χ2v) is 5.14. The van der Waals surface area contributed by atoms with E-state index in [4.69, 9.17) is 10.8 Å². The second kappa shape index (κ2) is 8.14. The Hall–Kier alpha value is -2.41. The first-order valence-corrected chi connectivity index (χ1v) is 6.85.